The molecule has 0 radical (unpaired) electrons. The van der Waals surface area contributed by atoms with Gasteiger partial charge in [0.15, 0.2) is 17.5 Å². The summed E-state index contributed by atoms with van der Waals surface area (Å²) in [7, 11) is 0. The van der Waals surface area contributed by atoms with Crippen LogP contribution < -0.4 is 16.8 Å². The number of aromatic hydroxyl groups is 1. The fourth-order valence-corrected chi connectivity index (χ4v) is 19.0. The van der Waals surface area contributed by atoms with Crippen LogP contribution in [0.1, 0.15) is 135 Å². The number of aryl methyl sites for hydroxylation is 1. The molecule has 1 aliphatic heterocycles. The molecule has 15 nitrogen and oxygen atoms in total. The maximum atomic E-state index is 15.6. The number of aliphatic hydroxyl groups excluding tert-OH is 3. The number of phenols is 1. The van der Waals surface area contributed by atoms with Crippen LogP contribution in [0.15, 0.2) is 70.6 Å². The average molecular weight is 1070 g/mol. The molecule has 422 valence electrons. The highest BCUT2D eigenvalue weighted by Gasteiger charge is 2.78. The monoisotopic (exact) mass is 1070 g/mol. The summed E-state index contributed by atoms with van der Waals surface area (Å²) in [4.78, 5) is 51.3. The van der Waals surface area contributed by atoms with Crippen molar-refractivity contribution in [1.29, 1.82) is 0 Å². The van der Waals surface area contributed by atoms with Crippen molar-refractivity contribution in [2.24, 2.45) is 104 Å². The molecule has 11 rings (SSSR count). The smallest absolute Gasteiger partial charge is 0.313 e. The highest BCUT2D eigenvalue weighted by molar-refractivity contribution is 6.00. The van der Waals surface area contributed by atoms with E-state index in [1.165, 1.54) is 5.57 Å². The van der Waals surface area contributed by atoms with Crippen LogP contribution in [0.2, 0.25) is 0 Å². The van der Waals surface area contributed by atoms with Gasteiger partial charge >= 0.3 is 5.97 Å². The molecule has 21 atom stereocenters. The van der Waals surface area contributed by atoms with Crippen molar-refractivity contribution < 1.29 is 49.8 Å². The Morgan fingerprint density at radius 3 is 2.45 bits per heavy atom. The average Bonchev–Trinajstić information content (AvgIpc) is 1.64. The number of hydrogen-bond donors (Lipinski definition) is 10. The number of H-pyrrole nitrogens is 1. The van der Waals surface area contributed by atoms with E-state index in [-0.39, 0.29) is 122 Å². The molecule has 21 unspecified atom stereocenters. The Morgan fingerprint density at radius 1 is 0.923 bits per heavy atom. The standard InChI is InChI=1S/C63H85N5O10/c1-33-8-12-36-14-19-44-34(2)23-51(73)61(4,76)57-39(7-5-6-37(24-46(44)45(36)22-33)47-32-78-58(75)52(47)40-20-21-66-29-40)27-63(77)54-53(38-13-15-41(30-68-59(64)65)62(57,63)26-38)60(3)28-50(72)49(71)25-48(60)56(74)55(54)67-31-43(70)18-11-35-9-16-42(69)17-10-35/h9-10,14,16-17,20-21,29,33-34,37-39,41,44-53,57,66-67,69,71-73,76-77H,7-8,11-13,15,18-19,22-28,30-32H2,1-4H3,(H4,64,65,68). The fourth-order valence-electron chi connectivity index (χ4n) is 19.0. The first-order valence-corrected chi connectivity index (χ1v) is 29.5. The molecule has 9 aliphatic rings. The van der Waals surface area contributed by atoms with Crippen LogP contribution in [-0.4, -0.2) is 108 Å². The number of nitrogens with zero attached hydrogens (tertiary/aromatic N) is 1. The number of cyclic esters (lactones) is 1. The zero-order chi connectivity index (χ0) is 55.2. The fraction of sp³-hybridized carbons (Fsp3) is 0.683. The second-order valence-electron chi connectivity index (χ2n) is 26.7. The number of ketones is 2. The summed E-state index contributed by atoms with van der Waals surface area (Å²) < 4.78 is 5.96. The SMILES string of the molecule is CC1CCC2=CCC3C(C)CC(O)C(C)(O)C4C(CC#CC(C5COC(=O)C5c5cc[nH]c5)CC3C2C1)CC1(O)C2=C(NCC(=O)CCc3ccc(O)cc3)C(=O)C3CC(O)C(O)CC3(C)C2C2CCC(CN=C(N)N)C41C2. The minimum absolute atomic E-state index is 0.0199. The summed E-state index contributed by atoms with van der Waals surface area (Å²) in [5, 5.41) is 77.8. The van der Waals surface area contributed by atoms with Crippen molar-refractivity contribution in [3.05, 3.63) is 76.8 Å². The van der Waals surface area contributed by atoms with Crippen molar-refractivity contribution in [2.75, 3.05) is 19.7 Å². The third-order valence-corrected chi connectivity index (χ3v) is 22.5. The highest BCUT2D eigenvalue weighted by atomic mass is 16.5. The number of carbonyl (C=O) groups is 3. The number of nitrogens with one attached hydrogen (secondary N) is 2. The predicted octanol–water partition coefficient (Wildman–Crippen LogP) is 5.97. The van der Waals surface area contributed by atoms with Gasteiger partial charge in [-0.2, -0.15) is 0 Å². The van der Waals surface area contributed by atoms with E-state index >= 15 is 4.79 Å². The largest absolute Gasteiger partial charge is 0.508 e. The summed E-state index contributed by atoms with van der Waals surface area (Å²) in [5.41, 5.74) is 10.4. The lowest BCUT2D eigenvalue weighted by atomic mass is 9.37. The molecule has 2 aromatic rings. The van der Waals surface area contributed by atoms with Crippen molar-refractivity contribution in [1.82, 2.24) is 10.3 Å². The number of nitrogens with two attached hydrogens (primary N) is 2. The Hall–Kier alpha value is -4.98. The summed E-state index contributed by atoms with van der Waals surface area (Å²) in [5.74, 6) is 3.87. The number of esters is 1. The Balaban J connectivity index is 1.06. The molecular weight excluding hydrogens is 987 g/mol. The Bertz CT molecular complexity index is 2780. The minimum atomic E-state index is -1.85. The maximum Gasteiger partial charge on any atom is 0.313 e. The van der Waals surface area contributed by atoms with Crippen LogP contribution in [0.5, 0.6) is 5.75 Å². The van der Waals surface area contributed by atoms with Crippen LogP contribution in [0, 0.1) is 99.6 Å². The molecule has 8 aliphatic carbocycles. The van der Waals surface area contributed by atoms with Crippen molar-refractivity contribution in [2.45, 2.75) is 159 Å². The highest BCUT2D eigenvalue weighted by Crippen LogP contribution is 2.77. The molecular formula is C63H85N5O10. The number of aromatic amines is 1. The van der Waals surface area contributed by atoms with E-state index in [1.54, 1.807) is 31.2 Å². The first-order valence-electron chi connectivity index (χ1n) is 29.5. The third-order valence-electron chi connectivity index (χ3n) is 22.5. The van der Waals surface area contributed by atoms with E-state index in [1.807, 2.05) is 25.4 Å². The number of aromatic nitrogens is 1. The normalized spacial score (nSPS) is 43.9. The van der Waals surface area contributed by atoms with E-state index < -0.39 is 75.9 Å². The lowest BCUT2D eigenvalue weighted by molar-refractivity contribution is -0.227. The number of fused-ring (bicyclic) bond motifs is 10. The van der Waals surface area contributed by atoms with Gasteiger partial charge in [0.05, 0.1) is 54.3 Å². The van der Waals surface area contributed by atoms with Crippen molar-refractivity contribution in [3.63, 3.8) is 0 Å². The van der Waals surface area contributed by atoms with Crippen molar-refractivity contribution in [3.8, 4) is 17.6 Å². The van der Waals surface area contributed by atoms with Crippen LogP contribution in [0.3, 0.4) is 0 Å². The number of Topliss-reactive ketones (excluding diaryl/α,β-unsaturated/α-hetero) is 2. The number of aliphatic imine (C=N–C) groups is 1. The number of allylic oxidation sites excluding steroid dienone is 3. The van der Waals surface area contributed by atoms with Crippen molar-refractivity contribution >= 4 is 23.5 Å². The maximum absolute atomic E-state index is 15.6. The number of ether oxygens (including phenoxy) is 1. The van der Waals surface area contributed by atoms with E-state index in [0.717, 1.165) is 43.2 Å². The van der Waals surface area contributed by atoms with E-state index in [9.17, 15) is 40.2 Å². The zero-order valence-corrected chi connectivity index (χ0v) is 46.1. The predicted molar refractivity (Wildman–Crippen MR) is 293 cm³/mol. The molecule has 6 fully saturated rings. The van der Waals surface area contributed by atoms with Gasteiger partial charge in [-0.15, -0.1) is 5.92 Å². The van der Waals surface area contributed by atoms with Crippen LogP contribution in [-0.2, 0) is 25.5 Å². The van der Waals surface area contributed by atoms with Gasteiger partial charge < -0.3 is 57.1 Å². The quantitative estimate of drug-likeness (QED) is 0.0433. The van der Waals surface area contributed by atoms with Gasteiger partial charge in [-0.3, -0.25) is 19.4 Å². The molecule has 1 aromatic heterocycles. The Kier molecular flexibility index (Phi) is 14.7. The van der Waals surface area contributed by atoms with Gasteiger partial charge in [0.2, 0.25) is 0 Å². The van der Waals surface area contributed by atoms with Gasteiger partial charge in [0.1, 0.15) is 5.75 Å². The van der Waals surface area contributed by atoms with Gasteiger partial charge in [-0.05, 0) is 184 Å². The second-order valence-corrected chi connectivity index (χ2v) is 26.7. The summed E-state index contributed by atoms with van der Waals surface area (Å²) in [6.45, 7) is 8.49. The zero-order valence-electron chi connectivity index (χ0n) is 46.1. The number of hydrogen-bond acceptors (Lipinski definition) is 12. The summed E-state index contributed by atoms with van der Waals surface area (Å²) in [6, 6.07) is 8.64. The van der Waals surface area contributed by atoms with E-state index in [4.69, 9.17) is 16.2 Å². The number of aliphatic hydroxyl groups is 5. The molecule has 2 heterocycles. The lowest BCUT2D eigenvalue weighted by Gasteiger charge is -2.68. The second kappa shape index (κ2) is 20.8. The summed E-state index contributed by atoms with van der Waals surface area (Å²) in [6.07, 6.45) is 10.5. The number of guanidine groups is 1. The van der Waals surface area contributed by atoms with Crippen LogP contribution >= 0.6 is 0 Å². The van der Waals surface area contributed by atoms with Gasteiger partial charge in [-0.25, -0.2) is 0 Å². The van der Waals surface area contributed by atoms with Gasteiger partial charge in [0.25, 0.3) is 0 Å². The topological polar surface area (TPSA) is 274 Å². The molecule has 1 aromatic carbocycles. The number of phenolic OH excluding ortho intramolecular Hbond substituents is 1. The molecule has 0 amide bonds. The molecule has 12 N–H and O–H groups in total. The van der Waals surface area contributed by atoms with Gasteiger partial charge in [-0.1, -0.05) is 50.5 Å². The first kappa shape index (κ1) is 55.0. The number of carbonyl (C=O) groups excluding carboxylic acids is 3. The molecule has 15 heteroatoms. The molecule has 2 bridgehead atoms. The Morgan fingerprint density at radius 2 is 1.71 bits per heavy atom. The lowest BCUT2D eigenvalue weighted by Crippen LogP contribution is -2.70. The van der Waals surface area contributed by atoms with Crippen LogP contribution in [0.25, 0.3) is 0 Å². The molecule has 5 saturated carbocycles. The minimum Gasteiger partial charge on any atom is -0.508 e. The van der Waals surface area contributed by atoms with E-state index in [2.05, 4.69) is 47.1 Å². The number of benzene rings is 1. The van der Waals surface area contributed by atoms with Gasteiger partial charge in [0, 0.05) is 60.9 Å². The molecule has 1 saturated heterocycles. The first-order chi connectivity index (χ1) is 37.2. The molecule has 78 heavy (non-hydrogen) atoms. The Labute approximate surface area is 459 Å². The summed E-state index contributed by atoms with van der Waals surface area (Å²) >= 11 is 0. The van der Waals surface area contributed by atoms with E-state index in [0.29, 0.717) is 49.5 Å². The van der Waals surface area contributed by atoms with Crippen LogP contribution in [0.4, 0.5) is 0 Å². The number of rotatable bonds is 10. The third kappa shape index (κ3) is 9.16. The molecule has 1 spiro atoms.